The molecule has 2 unspecified atom stereocenters. The summed E-state index contributed by atoms with van der Waals surface area (Å²) in [4.78, 5) is 13.9. The van der Waals surface area contributed by atoms with Gasteiger partial charge < -0.3 is 31.7 Å². The Bertz CT molecular complexity index is 7390. The molecule has 610 valence electrons. The van der Waals surface area contributed by atoms with Gasteiger partial charge in [0.25, 0.3) is 0 Å². The number of hydrogen-bond acceptors (Lipinski definition) is 5. The van der Waals surface area contributed by atoms with Gasteiger partial charge >= 0.3 is 20.1 Å². The van der Waals surface area contributed by atoms with Crippen molar-refractivity contribution in [3.05, 3.63) is 408 Å². The van der Waals surface area contributed by atoms with Crippen LogP contribution < -0.4 is 0 Å². The Balaban J connectivity index is 0.000000203. The molecule has 11 heteroatoms. The predicted molar refractivity (Wildman–Crippen MR) is 513 cm³/mol. The molecule has 0 spiro atoms. The van der Waals surface area contributed by atoms with Gasteiger partial charge in [-0.25, -0.2) is 0 Å². The third-order valence-electron chi connectivity index (χ3n) is 24.9. The van der Waals surface area contributed by atoms with E-state index in [4.69, 9.17) is 13.8 Å². The third-order valence-corrected chi connectivity index (χ3v) is 24.9. The second-order valence-corrected chi connectivity index (χ2v) is 33.5. The first-order valence-electron chi connectivity index (χ1n) is 42.9. The zero-order valence-electron chi connectivity index (χ0n) is 72.0. The zero-order valence-corrected chi connectivity index (χ0v) is 74.4. The molecule has 22 aromatic rings. The van der Waals surface area contributed by atoms with Crippen molar-refractivity contribution in [3.63, 3.8) is 0 Å². The van der Waals surface area contributed by atoms with Gasteiger partial charge in [0.15, 0.2) is 0 Å². The second-order valence-electron chi connectivity index (χ2n) is 33.5. The van der Waals surface area contributed by atoms with Crippen molar-refractivity contribution in [3.8, 4) is 84.9 Å². The molecule has 0 aliphatic carbocycles. The topological polar surface area (TPSA) is 89.6 Å². The summed E-state index contributed by atoms with van der Waals surface area (Å²) in [5.41, 5.74) is 35.7. The fourth-order valence-electron chi connectivity index (χ4n) is 19.5. The Morgan fingerprint density at radius 3 is 1.06 bits per heavy atom. The minimum atomic E-state index is 0. The number of fused-ring (bicyclic) bond motifs is 12. The van der Waals surface area contributed by atoms with E-state index in [-0.39, 0.29) is 26.0 Å². The van der Waals surface area contributed by atoms with Gasteiger partial charge in [-0.3, -0.25) is 15.0 Å². The first-order valence-corrected chi connectivity index (χ1v) is 42.9. The Morgan fingerprint density at radius 1 is 0.320 bits per heavy atom. The summed E-state index contributed by atoms with van der Waals surface area (Å²) in [6, 6.07) is 115. The summed E-state index contributed by atoms with van der Waals surface area (Å²) >= 11 is 0. The molecule has 22 rings (SSSR count). The van der Waals surface area contributed by atoms with Gasteiger partial charge in [0.05, 0.1) is 39.5 Å². The standard InChI is InChI=1S/C78H59N4O2.2C18H17N2.Ir/c1-6-51(52-23-25-53(26-24-52)78-79-35-36-80(78)77-49(4)37-47(2)38-50(77)5)39-48(3)58-40-59(81-69-19-11-7-15-61(69)65-42-54(27-31-71(65)81)56-29-33-75-67(44-56)63-17-9-13-21-73(63)83-75)46-60(41-58)82-70-20-12-8-16-62(70)66-43-55(28-32-72(66)82)57-30-34-76-68(45-57)64-18-10-14-22-74(64)84-76;2*1-13-11-14(2)17(15(3)12-13)20-10-9-19-18(20)16-7-5-4-6-8-16;/h7-25,27-38,40-46,48,51H,6,39H2,1-5H3;2*4-7,9-12H,1-3H3;/q3*-1;+3. The van der Waals surface area contributed by atoms with Crippen LogP contribution in [-0.4, -0.2) is 37.8 Å². The molecule has 0 aliphatic rings. The summed E-state index contributed by atoms with van der Waals surface area (Å²) in [6.45, 7) is 24.1. The molecule has 0 radical (unpaired) electrons. The average Bonchev–Trinajstić information content (AvgIpc) is 1.57. The Hall–Kier alpha value is -14.2. The first kappa shape index (κ1) is 80.5. The minimum Gasteiger partial charge on any atom is -0.456 e. The van der Waals surface area contributed by atoms with Crippen molar-refractivity contribution < 1.29 is 28.9 Å². The number of hydrogen-bond donors (Lipinski definition) is 0. The van der Waals surface area contributed by atoms with Crippen molar-refractivity contribution in [1.82, 2.24) is 37.8 Å². The molecule has 0 bridgehead atoms. The minimum absolute atomic E-state index is 0. The number of aromatic nitrogens is 8. The van der Waals surface area contributed by atoms with Crippen LogP contribution in [0.1, 0.15) is 99.7 Å². The van der Waals surface area contributed by atoms with Crippen LogP contribution in [0.5, 0.6) is 0 Å². The van der Waals surface area contributed by atoms with Crippen molar-refractivity contribution in [2.45, 2.75) is 101 Å². The molecule has 2 atom stereocenters. The van der Waals surface area contributed by atoms with Gasteiger partial charge in [-0.05, 0) is 227 Å². The van der Waals surface area contributed by atoms with Crippen LogP contribution in [0.15, 0.2) is 337 Å². The number of imidazole rings is 3. The summed E-state index contributed by atoms with van der Waals surface area (Å²) in [5, 5.41) is 9.37. The summed E-state index contributed by atoms with van der Waals surface area (Å²) in [7, 11) is 0. The fraction of sp³-hybridized carbons (Fsp3) is 0.132. The normalized spacial score (nSPS) is 12.1. The van der Waals surface area contributed by atoms with Gasteiger partial charge in [0.2, 0.25) is 0 Å². The van der Waals surface area contributed by atoms with E-state index in [0.29, 0.717) is 5.92 Å². The van der Waals surface area contributed by atoms with E-state index in [2.05, 4.69) is 352 Å². The molecular weight excluding hydrogens is 1710 g/mol. The van der Waals surface area contributed by atoms with E-state index in [1.807, 2.05) is 104 Å². The number of nitrogens with zero attached hydrogens (tertiary/aromatic N) is 8. The molecule has 125 heavy (non-hydrogen) atoms. The van der Waals surface area contributed by atoms with Crippen LogP contribution in [0.25, 0.3) is 172 Å². The number of rotatable bonds is 15. The maximum absolute atomic E-state index is 6.26. The monoisotopic (exact) mass is 1800 g/mol. The predicted octanol–water partition coefficient (Wildman–Crippen LogP) is 29.8. The quantitative estimate of drug-likeness (QED) is 0.0954. The number of benzene rings is 15. The summed E-state index contributed by atoms with van der Waals surface area (Å²) in [6.07, 6.45) is 13.6. The van der Waals surface area contributed by atoms with E-state index in [0.717, 1.165) is 124 Å². The number of aryl methyl sites for hydroxylation is 9. The molecule has 0 N–H and O–H groups in total. The first-order chi connectivity index (χ1) is 60.5. The van der Waals surface area contributed by atoms with Crippen LogP contribution in [-0.2, 0) is 20.1 Å². The summed E-state index contributed by atoms with van der Waals surface area (Å²) in [5.74, 6) is 3.26. The number of furan rings is 2. The van der Waals surface area contributed by atoms with Gasteiger partial charge in [-0.2, -0.15) is 0 Å². The summed E-state index contributed by atoms with van der Waals surface area (Å²) < 4.78 is 24.0. The Labute approximate surface area is 742 Å². The molecule has 15 aromatic carbocycles. The molecule has 0 amide bonds. The van der Waals surface area contributed by atoms with E-state index in [1.54, 1.807) is 0 Å². The molecule has 0 fully saturated rings. The van der Waals surface area contributed by atoms with Crippen LogP contribution in [0, 0.1) is 80.5 Å². The number of para-hydroxylation sites is 4. The van der Waals surface area contributed by atoms with E-state index in [1.165, 1.54) is 122 Å². The molecule has 7 aromatic heterocycles. The van der Waals surface area contributed by atoms with E-state index in [9.17, 15) is 0 Å². The Morgan fingerprint density at radius 2 is 0.672 bits per heavy atom. The van der Waals surface area contributed by atoms with Gasteiger partial charge in [-0.1, -0.05) is 176 Å². The van der Waals surface area contributed by atoms with E-state index < -0.39 is 0 Å². The molecule has 10 nitrogen and oxygen atoms in total. The van der Waals surface area contributed by atoms with Crippen molar-refractivity contribution in [1.29, 1.82) is 0 Å². The molecule has 0 saturated carbocycles. The third kappa shape index (κ3) is 15.0. The molecule has 7 heterocycles. The second kappa shape index (κ2) is 33.5. The molecular formula is C114H93IrN8O2. The van der Waals surface area contributed by atoms with E-state index >= 15 is 0 Å². The van der Waals surface area contributed by atoms with Crippen LogP contribution >= 0.6 is 0 Å². The Kier molecular flexibility index (Phi) is 21.6. The molecule has 0 aliphatic heterocycles. The van der Waals surface area contributed by atoms with Gasteiger partial charge in [0.1, 0.15) is 22.3 Å². The van der Waals surface area contributed by atoms with Crippen molar-refractivity contribution in [2.75, 3.05) is 0 Å². The maximum atomic E-state index is 6.26. The smallest absolute Gasteiger partial charge is 0.456 e. The zero-order chi connectivity index (χ0) is 84.5. The molecule has 0 saturated heterocycles. The van der Waals surface area contributed by atoms with Crippen LogP contribution in [0.4, 0.5) is 0 Å². The van der Waals surface area contributed by atoms with Crippen LogP contribution in [0.3, 0.4) is 0 Å². The average molecular weight is 1800 g/mol. The van der Waals surface area contributed by atoms with Crippen molar-refractivity contribution in [2.24, 2.45) is 0 Å². The SMILES string of the molecule is CCC(CC(C)c1cc(-n2c3ccccc3c3cc(-c4ccc5oc6ccccc6c5c4)ccc32)cc(-n2c3ccccc3c3cc(-c4ccc5oc6ccccc6c5c4)ccc32)c1)c1c[c-]c(-c2nccn2-c2c(C)cc(C)cc2C)cc1.Cc1cc(C)c(-n2ccnc2-c2[c-]cccc2)c(C)c1.Cc1cc(C)c(-n2ccnc2-c2[c-]cccc2)c(C)c1.[Ir+3]. The van der Waals surface area contributed by atoms with Gasteiger partial charge in [-0.15, -0.1) is 107 Å². The largest absolute Gasteiger partial charge is 3.00 e. The van der Waals surface area contributed by atoms with Gasteiger partial charge in [0, 0.05) is 109 Å². The maximum Gasteiger partial charge on any atom is 3.00 e. The van der Waals surface area contributed by atoms with Crippen LogP contribution in [0.2, 0.25) is 0 Å². The van der Waals surface area contributed by atoms with Crippen molar-refractivity contribution >= 4 is 87.5 Å². The fourth-order valence-corrected chi connectivity index (χ4v) is 19.5.